The number of nitrogens with zero attached hydrogens (tertiary/aromatic N) is 1. The fourth-order valence-electron chi connectivity index (χ4n) is 3.26. The molecule has 4 aromatic rings. The summed E-state index contributed by atoms with van der Waals surface area (Å²) < 4.78 is 25.1. The number of aromatic nitrogens is 1. The van der Waals surface area contributed by atoms with Crippen molar-refractivity contribution >= 4 is 39.0 Å². The average Bonchev–Trinajstić information content (AvgIpc) is 3.23. The van der Waals surface area contributed by atoms with Crippen LogP contribution < -0.4 is 10.1 Å². The highest BCUT2D eigenvalue weighted by Gasteiger charge is 2.16. The van der Waals surface area contributed by atoms with Crippen molar-refractivity contribution in [3.8, 4) is 5.75 Å². The van der Waals surface area contributed by atoms with Crippen LogP contribution in [0.3, 0.4) is 0 Å². The van der Waals surface area contributed by atoms with Gasteiger partial charge in [0.1, 0.15) is 18.2 Å². The molecule has 0 bridgehead atoms. The molecule has 4 rings (SSSR count). The first-order valence-corrected chi connectivity index (χ1v) is 11.2. The van der Waals surface area contributed by atoms with Crippen molar-refractivity contribution in [2.45, 2.75) is 20.5 Å². The maximum Gasteiger partial charge on any atom is 0.341 e. The summed E-state index contributed by atoms with van der Waals surface area (Å²) in [5.41, 5.74) is 3.15. The van der Waals surface area contributed by atoms with E-state index in [-0.39, 0.29) is 12.5 Å². The minimum atomic E-state index is -0.400. The molecular formula is C25H21FN2O4S. The summed E-state index contributed by atoms with van der Waals surface area (Å²) in [6.07, 6.45) is 3.22. The summed E-state index contributed by atoms with van der Waals surface area (Å²) in [6, 6.07) is 10.7. The molecule has 0 atom stereocenters. The Morgan fingerprint density at radius 1 is 1.12 bits per heavy atom. The monoisotopic (exact) mass is 464 g/mol. The minimum absolute atomic E-state index is 0.268. The number of pyridine rings is 1. The van der Waals surface area contributed by atoms with E-state index in [0.717, 1.165) is 21.2 Å². The van der Waals surface area contributed by atoms with Gasteiger partial charge in [-0.05, 0) is 55.1 Å². The van der Waals surface area contributed by atoms with E-state index in [1.54, 1.807) is 25.3 Å². The van der Waals surface area contributed by atoms with E-state index in [1.165, 1.54) is 41.8 Å². The maximum atomic E-state index is 13.1. The third-order valence-electron chi connectivity index (χ3n) is 4.99. The van der Waals surface area contributed by atoms with Crippen LogP contribution in [0.2, 0.25) is 0 Å². The number of nitrogens with one attached hydrogen (secondary N) is 1. The van der Waals surface area contributed by atoms with E-state index in [2.05, 4.69) is 10.3 Å². The van der Waals surface area contributed by atoms with Gasteiger partial charge in [0.15, 0.2) is 0 Å². The molecule has 0 fully saturated rings. The standard InChI is InChI=1S/C25H21FN2O4S/c1-3-31-25(30)21-12-27-11-20-17(14-33-23(20)21)13-32-22-10-19(9-4-15(22)2)28-24(29)16-5-7-18(26)8-6-16/h4-12,14H,3,13H2,1-2H3,(H,28,29). The number of aryl methyl sites for hydroxylation is 1. The van der Waals surface area contributed by atoms with Crippen LogP contribution in [0.4, 0.5) is 10.1 Å². The Morgan fingerprint density at radius 3 is 2.67 bits per heavy atom. The molecule has 0 spiro atoms. The Bertz CT molecular complexity index is 1320. The van der Waals surface area contributed by atoms with Crippen molar-refractivity contribution in [1.29, 1.82) is 0 Å². The zero-order valence-electron chi connectivity index (χ0n) is 18.1. The van der Waals surface area contributed by atoms with Crippen LogP contribution in [-0.2, 0) is 11.3 Å². The van der Waals surface area contributed by atoms with Gasteiger partial charge in [0.2, 0.25) is 0 Å². The highest BCUT2D eigenvalue weighted by atomic mass is 32.1. The summed E-state index contributed by atoms with van der Waals surface area (Å²) >= 11 is 1.44. The number of thiophene rings is 1. The Labute approximate surface area is 194 Å². The van der Waals surface area contributed by atoms with Crippen molar-refractivity contribution in [2.75, 3.05) is 11.9 Å². The summed E-state index contributed by atoms with van der Waals surface area (Å²) in [4.78, 5) is 28.8. The molecule has 2 heterocycles. The molecule has 0 unspecified atom stereocenters. The van der Waals surface area contributed by atoms with E-state index in [9.17, 15) is 14.0 Å². The van der Waals surface area contributed by atoms with Crippen LogP contribution in [0.5, 0.6) is 5.75 Å². The zero-order chi connectivity index (χ0) is 23.4. The first-order chi connectivity index (χ1) is 16.0. The number of carbonyl (C=O) groups excluding carboxylic acids is 2. The largest absolute Gasteiger partial charge is 0.489 e. The summed E-state index contributed by atoms with van der Waals surface area (Å²) in [5.74, 6) is -0.527. The van der Waals surface area contributed by atoms with Crippen LogP contribution in [0.15, 0.2) is 60.2 Å². The van der Waals surface area contributed by atoms with Gasteiger partial charge in [-0.2, -0.15) is 0 Å². The predicted molar refractivity (Wildman–Crippen MR) is 125 cm³/mol. The first-order valence-electron chi connectivity index (χ1n) is 10.3. The number of benzene rings is 2. The minimum Gasteiger partial charge on any atom is -0.489 e. The Kier molecular flexibility index (Phi) is 6.65. The van der Waals surface area contributed by atoms with Gasteiger partial charge in [0, 0.05) is 40.7 Å². The lowest BCUT2D eigenvalue weighted by Crippen LogP contribution is -2.12. The lowest BCUT2D eigenvalue weighted by atomic mass is 10.1. The number of amides is 1. The van der Waals surface area contributed by atoms with Gasteiger partial charge < -0.3 is 14.8 Å². The van der Waals surface area contributed by atoms with Crippen LogP contribution in [-0.4, -0.2) is 23.5 Å². The van der Waals surface area contributed by atoms with Gasteiger partial charge in [-0.25, -0.2) is 9.18 Å². The number of hydrogen-bond acceptors (Lipinski definition) is 6. The second kappa shape index (κ2) is 9.79. The summed E-state index contributed by atoms with van der Waals surface area (Å²) in [5, 5.41) is 5.57. The van der Waals surface area contributed by atoms with E-state index >= 15 is 0 Å². The van der Waals surface area contributed by atoms with Crippen LogP contribution in [0, 0.1) is 12.7 Å². The van der Waals surface area contributed by atoms with Crippen molar-refractivity contribution < 1.29 is 23.5 Å². The lowest BCUT2D eigenvalue weighted by Gasteiger charge is -2.12. The number of hydrogen-bond donors (Lipinski definition) is 1. The second-order valence-electron chi connectivity index (χ2n) is 7.28. The lowest BCUT2D eigenvalue weighted by molar-refractivity contribution is 0.0528. The number of halogens is 1. The highest BCUT2D eigenvalue weighted by Crippen LogP contribution is 2.31. The third kappa shape index (κ3) is 5.01. The van der Waals surface area contributed by atoms with Gasteiger partial charge in [0.05, 0.1) is 16.9 Å². The molecule has 33 heavy (non-hydrogen) atoms. The molecule has 0 aliphatic rings. The van der Waals surface area contributed by atoms with Crippen molar-refractivity contribution in [3.63, 3.8) is 0 Å². The summed E-state index contributed by atoms with van der Waals surface area (Å²) in [6.45, 7) is 4.23. The van der Waals surface area contributed by atoms with E-state index < -0.39 is 11.8 Å². The Hall–Kier alpha value is -3.78. The quantitative estimate of drug-likeness (QED) is 0.352. The number of esters is 1. The van der Waals surface area contributed by atoms with Crippen molar-refractivity contribution in [1.82, 2.24) is 4.98 Å². The first kappa shape index (κ1) is 22.4. The number of rotatable bonds is 7. The van der Waals surface area contributed by atoms with E-state index in [0.29, 0.717) is 29.2 Å². The third-order valence-corrected chi connectivity index (χ3v) is 6.07. The molecular weight excluding hydrogens is 443 g/mol. The van der Waals surface area contributed by atoms with Crippen LogP contribution in [0.25, 0.3) is 10.1 Å². The predicted octanol–water partition coefficient (Wildman–Crippen LogP) is 5.75. The topological polar surface area (TPSA) is 77.5 Å². The van der Waals surface area contributed by atoms with Crippen molar-refractivity contribution in [3.05, 3.63) is 88.3 Å². The van der Waals surface area contributed by atoms with Gasteiger partial charge >= 0.3 is 5.97 Å². The fourth-order valence-corrected chi connectivity index (χ4v) is 4.29. The Balaban J connectivity index is 1.50. The number of carbonyl (C=O) groups is 2. The molecule has 6 nitrogen and oxygen atoms in total. The molecule has 1 N–H and O–H groups in total. The molecule has 0 aliphatic heterocycles. The number of ether oxygens (including phenoxy) is 2. The zero-order valence-corrected chi connectivity index (χ0v) is 18.9. The highest BCUT2D eigenvalue weighted by molar-refractivity contribution is 7.17. The van der Waals surface area contributed by atoms with Crippen LogP contribution in [0.1, 0.15) is 38.8 Å². The molecule has 1 amide bonds. The normalized spacial score (nSPS) is 10.8. The maximum absolute atomic E-state index is 13.1. The molecule has 2 aromatic heterocycles. The molecule has 0 saturated carbocycles. The molecule has 2 aromatic carbocycles. The van der Waals surface area contributed by atoms with E-state index in [1.807, 2.05) is 18.4 Å². The van der Waals surface area contributed by atoms with Gasteiger partial charge in [-0.15, -0.1) is 11.3 Å². The molecule has 0 aliphatic carbocycles. The molecule has 0 radical (unpaired) electrons. The fraction of sp³-hybridized carbons (Fsp3) is 0.160. The average molecular weight is 465 g/mol. The molecule has 168 valence electrons. The summed E-state index contributed by atoms with van der Waals surface area (Å²) in [7, 11) is 0. The molecule has 0 saturated heterocycles. The Morgan fingerprint density at radius 2 is 1.91 bits per heavy atom. The van der Waals surface area contributed by atoms with E-state index in [4.69, 9.17) is 9.47 Å². The number of fused-ring (bicyclic) bond motifs is 1. The SMILES string of the molecule is CCOC(=O)c1cncc2c(COc3cc(NC(=O)c4ccc(F)cc4)ccc3C)csc12. The smallest absolute Gasteiger partial charge is 0.341 e. The van der Waals surface area contributed by atoms with Gasteiger partial charge in [-0.3, -0.25) is 9.78 Å². The van der Waals surface area contributed by atoms with Gasteiger partial charge in [0.25, 0.3) is 5.91 Å². The molecule has 8 heteroatoms. The second-order valence-corrected chi connectivity index (χ2v) is 8.15. The van der Waals surface area contributed by atoms with Gasteiger partial charge in [-0.1, -0.05) is 6.07 Å². The van der Waals surface area contributed by atoms with Crippen molar-refractivity contribution in [2.24, 2.45) is 0 Å². The van der Waals surface area contributed by atoms with Crippen LogP contribution >= 0.6 is 11.3 Å². The number of anilines is 1.